The van der Waals surface area contributed by atoms with E-state index in [0.717, 1.165) is 5.56 Å². The molecule has 1 nitrogen and oxygen atoms in total. The van der Waals surface area contributed by atoms with E-state index < -0.39 is 0 Å². The fraction of sp³-hybridized carbons (Fsp3) is 0. The van der Waals surface area contributed by atoms with Gasteiger partial charge >= 0.3 is 0 Å². The van der Waals surface area contributed by atoms with Gasteiger partial charge in [-0.25, -0.2) is 0 Å². The third-order valence-electron chi connectivity index (χ3n) is 8.41. The number of hydrogen-bond donors (Lipinski definition) is 1. The minimum absolute atomic E-state index is 0.288. The van der Waals surface area contributed by atoms with E-state index in [1.165, 1.54) is 81.0 Å². The number of benzene rings is 7. The highest BCUT2D eigenvalue weighted by molar-refractivity contribution is 6.42. The van der Waals surface area contributed by atoms with Crippen molar-refractivity contribution in [3.05, 3.63) is 115 Å². The van der Waals surface area contributed by atoms with Crippen LogP contribution in [0.5, 0.6) is 5.75 Å². The van der Waals surface area contributed by atoms with Crippen molar-refractivity contribution in [1.29, 1.82) is 0 Å². The number of aromatic hydroxyl groups is 1. The van der Waals surface area contributed by atoms with Crippen molar-refractivity contribution in [3.8, 4) is 16.9 Å². The van der Waals surface area contributed by atoms with Gasteiger partial charge in [0.05, 0.1) is 0 Å². The molecule has 0 atom stereocenters. The first-order valence-electron chi connectivity index (χ1n) is 12.8. The maximum absolute atomic E-state index is 9.95. The molecule has 0 heterocycles. The summed E-state index contributed by atoms with van der Waals surface area (Å²) >= 11 is 0. The van der Waals surface area contributed by atoms with Crippen LogP contribution in [-0.2, 0) is 0 Å². The molecule has 0 saturated carbocycles. The summed E-state index contributed by atoms with van der Waals surface area (Å²) in [5, 5.41) is 28.3. The van der Waals surface area contributed by atoms with Crippen LogP contribution >= 0.6 is 0 Å². The quantitative estimate of drug-likeness (QED) is 0.238. The average Bonchev–Trinajstić information content (AvgIpc) is 3.44. The van der Waals surface area contributed by atoms with Crippen LogP contribution in [0.25, 0.3) is 86.5 Å². The van der Waals surface area contributed by atoms with E-state index >= 15 is 0 Å². The summed E-state index contributed by atoms with van der Waals surface area (Å²) in [6, 6.07) is 41.3. The number of rotatable bonds is 1. The molecule has 0 radical (unpaired) electrons. The van der Waals surface area contributed by atoms with Gasteiger partial charge in [-0.05, 0) is 111 Å². The van der Waals surface area contributed by atoms with Crippen LogP contribution in [0.2, 0.25) is 0 Å². The average molecular weight is 469 g/mol. The number of fused-ring (bicyclic) bond motifs is 8. The van der Waals surface area contributed by atoms with Gasteiger partial charge in [0, 0.05) is 0 Å². The monoisotopic (exact) mass is 468 g/mol. The molecule has 9 aromatic carbocycles. The van der Waals surface area contributed by atoms with Crippen molar-refractivity contribution >= 4 is 75.4 Å². The molecule has 1 heteroatoms. The van der Waals surface area contributed by atoms with Gasteiger partial charge in [0.15, 0.2) is 0 Å². The Hall–Kier alpha value is -4.88. The Morgan fingerprint density at radius 3 is 1.57 bits per heavy atom. The smallest absolute Gasteiger partial charge is 0.115 e. The number of hydrogen-bond acceptors (Lipinski definition) is 1. The molecule has 0 fully saturated rings. The summed E-state index contributed by atoms with van der Waals surface area (Å²) < 4.78 is 0. The first kappa shape index (κ1) is 19.3. The van der Waals surface area contributed by atoms with Gasteiger partial charge in [0.1, 0.15) is 5.75 Å². The van der Waals surface area contributed by atoms with Gasteiger partial charge in [0.25, 0.3) is 0 Å². The molecule has 0 unspecified atom stereocenters. The molecular formula is C36H20O. The Balaban J connectivity index is 1.55. The van der Waals surface area contributed by atoms with Crippen molar-refractivity contribution in [2.45, 2.75) is 0 Å². The topological polar surface area (TPSA) is 20.2 Å². The maximum atomic E-state index is 9.95. The zero-order chi connectivity index (χ0) is 24.2. The third kappa shape index (κ3) is 2.34. The predicted octanol–water partition coefficient (Wildman–Crippen LogP) is 10.0. The van der Waals surface area contributed by atoms with Crippen molar-refractivity contribution < 1.29 is 5.11 Å². The molecule has 0 aromatic heterocycles. The fourth-order valence-electron chi connectivity index (χ4n) is 6.94. The molecule has 0 amide bonds. The van der Waals surface area contributed by atoms with Crippen LogP contribution in [0.4, 0.5) is 0 Å². The first-order valence-corrected chi connectivity index (χ1v) is 12.8. The predicted molar refractivity (Wildman–Crippen MR) is 158 cm³/mol. The summed E-state index contributed by atoms with van der Waals surface area (Å²) in [6.07, 6.45) is 0. The van der Waals surface area contributed by atoms with E-state index in [0.29, 0.717) is 0 Å². The maximum Gasteiger partial charge on any atom is 0.115 e. The molecule has 0 aliphatic carbocycles. The Bertz CT molecular complexity index is 2340. The Morgan fingerprint density at radius 2 is 0.838 bits per heavy atom. The summed E-state index contributed by atoms with van der Waals surface area (Å²) in [7, 11) is 0. The Labute approximate surface area is 212 Å². The van der Waals surface area contributed by atoms with Crippen LogP contribution < -0.4 is 0 Å². The lowest BCUT2D eigenvalue weighted by Gasteiger charge is -2.13. The van der Waals surface area contributed by atoms with E-state index in [1.54, 1.807) is 12.1 Å². The highest BCUT2D eigenvalue weighted by Gasteiger charge is 2.21. The molecule has 1 N–H and O–H groups in total. The Kier molecular flexibility index (Phi) is 3.48. The standard InChI is InChI=1S/C36H20O/c37-22-16-14-21(15-17-22)34-23-8-1-2-9-24(23)36-32-19-30-26-11-4-7-20-6-3-10-25(33(20)26)29(30)18-31(32)27-12-5-13-28(34)35(27)36/h1-19,37H. The van der Waals surface area contributed by atoms with Gasteiger partial charge in [-0.15, -0.1) is 0 Å². The highest BCUT2D eigenvalue weighted by atomic mass is 16.3. The van der Waals surface area contributed by atoms with Crippen LogP contribution in [0, 0.1) is 0 Å². The molecule has 0 aliphatic rings. The minimum Gasteiger partial charge on any atom is -0.508 e. The van der Waals surface area contributed by atoms with Gasteiger partial charge in [-0.3, -0.25) is 0 Å². The van der Waals surface area contributed by atoms with Gasteiger partial charge < -0.3 is 5.11 Å². The SMILES string of the molecule is Oc1ccc(-c2c3ccccc3c3c4cc5c(cc4c4cccc2c43)c2cccc3cccc5c32)cc1. The summed E-state index contributed by atoms with van der Waals surface area (Å²) in [5.74, 6) is 0.288. The van der Waals surface area contributed by atoms with Crippen LogP contribution in [0.15, 0.2) is 115 Å². The normalized spacial score (nSPS) is 12.4. The largest absolute Gasteiger partial charge is 0.508 e. The number of phenolic OH excluding ortho intramolecular Hbond substituents is 1. The van der Waals surface area contributed by atoms with E-state index in [-0.39, 0.29) is 5.75 Å². The van der Waals surface area contributed by atoms with Crippen LogP contribution in [0.1, 0.15) is 0 Å². The summed E-state index contributed by atoms with van der Waals surface area (Å²) in [6.45, 7) is 0. The molecule has 0 spiro atoms. The van der Waals surface area contributed by atoms with Crippen LogP contribution in [0.3, 0.4) is 0 Å². The van der Waals surface area contributed by atoms with E-state index in [1.807, 2.05) is 12.1 Å². The molecule has 0 bridgehead atoms. The molecule has 0 aliphatic heterocycles. The summed E-state index contributed by atoms with van der Waals surface area (Å²) in [4.78, 5) is 0. The van der Waals surface area contributed by atoms with Crippen LogP contribution in [-0.4, -0.2) is 5.11 Å². The molecule has 0 saturated heterocycles. The fourth-order valence-corrected chi connectivity index (χ4v) is 6.94. The second kappa shape index (κ2) is 6.66. The molecular weight excluding hydrogens is 448 g/mol. The van der Waals surface area contributed by atoms with E-state index in [9.17, 15) is 5.11 Å². The molecule has 170 valence electrons. The zero-order valence-corrected chi connectivity index (χ0v) is 19.9. The van der Waals surface area contributed by atoms with E-state index in [2.05, 4.69) is 91.0 Å². The Morgan fingerprint density at radius 1 is 0.351 bits per heavy atom. The lowest BCUT2D eigenvalue weighted by molar-refractivity contribution is 0.475. The molecule has 37 heavy (non-hydrogen) atoms. The summed E-state index contributed by atoms with van der Waals surface area (Å²) in [5.41, 5.74) is 2.35. The van der Waals surface area contributed by atoms with E-state index in [4.69, 9.17) is 0 Å². The first-order chi connectivity index (χ1) is 18.3. The third-order valence-corrected chi connectivity index (χ3v) is 8.41. The molecule has 9 rings (SSSR count). The lowest BCUT2D eigenvalue weighted by Crippen LogP contribution is -1.86. The molecule has 9 aromatic rings. The van der Waals surface area contributed by atoms with Crippen molar-refractivity contribution in [1.82, 2.24) is 0 Å². The minimum atomic E-state index is 0.288. The highest BCUT2D eigenvalue weighted by Crippen LogP contribution is 2.49. The zero-order valence-electron chi connectivity index (χ0n) is 19.9. The second-order valence-electron chi connectivity index (χ2n) is 10.2. The lowest BCUT2D eigenvalue weighted by atomic mass is 9.90. The van der Waals surface area contributed by atoms with Gasteiger partial charge in [-0.2, -0.15) is 0 Å². The number of phenols is 1. The van der Waals surface area contributed by atoms with Crippen molar-refractivity contribution in [2.24, 2.45) is 0 Å². The van der Waals surface area contributed by atoms with Crippen molar-refractivity contribution in [2.75, 3.05) is 0 Å². The van der Waals surface area contributed by atoms with Crippen molar-refractivity contribution in [3.63, 3.8) is 0 Å². The van der Waals surface area contributed by atoms with Gasteiger partial charge in [0.2, 0.25) is 0 Å². The second-order valence-corrected chi connectivity index (χ2v) is 10.2. The van der Waals surface area contributed by atoms with Gasteiger partial charge in [-0.1, -0.05) is 91.0 Å².